The Hall–Kier alpha value is -4.26. The molecule has 7 heteroatoms. The number of methoxy groups -OCH3 is 1. The smallest absolute Gasteiger partial charge is 0.336 e. The van der Waals surface area contributed by atoms with Crippen LogP contribution in [-0.4, -0.2) is 34.2 Å². The lowest BCUT2D eigenvalue weighted by Crippen LogP contribution is -2.40. The van der Waals surface area contributed by atoms with Gasteiger partial charge in [-0.2, -0.15) is 0 Å². The summed E-state index contributed by atoms with van der Waals surface area (Å²) in [7, 11) is 1.58. The zero-order chi connectivity index (χ0) is 22.0. The summed E-state index contributed by atoms with van der Waals surface area (Å²) in [6, 6.07) is 19.4. The first-order chi connectivity index (χ1) is 15.0. The number of rotatable bonds is 5. The number of para-hydroxylation sites is 1. The second-order valence-corrected chi connectivity index (χ2v) is 6.95. The Bertz CT molecular complexity index is 1170. The molecule has 1 heterocycles. The molecule has 3 aromatic rings. The maximum atomic E-state index is 13.4. The topological polar surface area (TPSA) is 99.1 Å². The van der Waals surface area contributed by atoms with E-state index >= 15 is 0 Å². The molecule has 0 bridgehead atoms. The predicted octanol–water partition coefficient (Wildman–Crippen LogP) is 3.84. The van der Waals surface area contributed by atoms with Crippen molar-refractivity contribution in [3.8, 4) is 11.5 Å². The summed E-state index contributed by atoms with van der Waals surface area (Å²) in [5.41, 5.74) is 5.01. The lowest BCUT2D eigenvalue weighted by molar-refractivity contribution is 0.0639. The average molecular weight is 416 g/mol. The highest BCUT2D eigenvalue weighted by Gasteiger charge is 2.34. The van der Waals surface area contributed by atoms with Gasteiger partial charge in [-0.05, 0) is 54.1 Å². The summed E-state index contributed by atoms with van der Waals surface area (Å²) < 4.78 is 5.20. The summed E-state index contributed by atoms with van der Waals surface area (Å²) in [4.78, 5) is 25.0. The van der Waals surface area contributed by atoms with Gasteiger partial charge in [-0.1, -0.05) is 30.3 Å². The first-order valence-corrected chi connectivity index (χ1v) is 9.56. The van der Waals surface area contributed by atoms with Crippen LogP contribution in [0.15, 0.2) is 78.9 Å². The molecule has 156 valence electrons. The highest BCUT2D eigenvalue weighted by molar-refractivity contribution is 6.05. The maximum Gasteiger partial charge on any atom is 0.336 e. The van der Waals surface area contributed by atoms with Crippen molar-refractivity contribution in [3.63, 3.8) is 0 Å². The van der Waals surface area contributed by atoms with Gasteiger partial charge < -0.3 is 14.9 Å². The van der Waals surface area contributed by atoms with Gasteiger partial charge in [-0.25, -0.2) is 9.80 Å². The minimum atomic E-state index is -1.19. The summed E-state index contributed by atoms with van der Waals surface area (Å²) in [5.74, 6) is -0.981. The number of hydrogen-bond donors (Lipinski definition) is 3. The molecule has 7 nitrogen and oxygen atoms in total. The van der Waals surface area contributed by atoms with Crippen molar-refractivity contribution in [1.29, 1.82) is 0 Å². The van der Waals surface area contributed by atoms with E-state index < -0.39 is 17.9 Å². The largest absolute Gasteiger partial charge is 0.508 e. The third-order valence-electron chi connectivity index (χ3n) is 5.11. The van der Waals surface area contributed by atoms with Crippen molar-refractivity contribution >= 4 is 17.6 Å². The van der Waals surface area contributed by atoms with Crippen LogP contribution in [-0.2, 0) is 0 Å². The van der Waals surface area contributed by atoms with E-state index in [4.69, 9.17) is 4.74 Å². The Balaban J connectivity index is 1.77. The number of ether oxygens (including phenoxy) is 1. The van der Waals surface area contributed by atoms with Crippen LogP contribution in [0.2, 0.25) is 0 Å². The van der Waals surface area contributed by atoms with Crippen LogP contribution in [0.3, 0.4) is 0 Å². The molecular formula is C24H20N2O5. The Morgan fingerprint density at radius 3 is 2.23 bits per heavy atom. The number of carbonyl (C=O) groups excluding carboxylic acids is 1. The van der Waals surface area contributed by atoms with Crippen molar-refractivity contribution in [2.45, 2.75) is 6.04 Å². The predicted molar refractivity (Wildman–Crippen MR) is 115 cm³/mol. The zero-order valence-electron chi connectivity index (χ0n) is 16.6. The molecular weight excluding hydrogens is 396 g/mol. The first-order valence-electron chi connectivity index (χ1n) is 9.56. The fourth-order valence-corrected chi connectivity index (χ4v) is 3.53. The molecule has 1 atom stereocenters. The number of carbonyl (C=O) groups is 2. The standard InChI is InChI=1S/C24H20N2O5/c1-31-16-12-10-15(11-13-16)20-14-21(19-8-4-5-9-22(19)27)26(25-20)23(28)17-6-2-3-7-18(17)24(29)30/h2-14,21,25,27H,1H3,(H,29,30)/t21-/m0/s1. The summed E-state index contributed by atoms with van der Waals surface area (Å²) >= 11 is 0. The van der Waals surface area contributed by atoms with Gasteiger partial charge in [0.25, 0.3) is 5.91 Å². The summed E-state index contributed by atoms with van der Waals surface area (Å²) in [5, 5.41) is 21.2. The fourth-order valence-electron chi connectivity index (χ4n) is 3.53. The highest BCUT2D eigenvalue weighted by Crippen LogP contribution is 2.36. The molecule has 0 aliphatic carbocycles. The van der Waals surface area contributed by atoms with E-state index in [2.05, 4.69) is 5.43 Å². The van der Waals surface area contributed by atoms with Crippen LogP contribution >= 0.6 is 0 Å². The SMILES string of the molecule is COc1ccc(C2=C[C@@H](c3ccccc3O)N(C(=O)c3ccccc3C(=O)O)N2)cc1. The number of hydrazine groups is 1. The van der Waals surface area contributed by atoms with E-state index in [-0.39, 0.29) is 16.9 Å². The van der Waals surface area contributed by atoms with Gasteiger partial charge >= 0.3 is 5.97 Å². The summed E-state index contributed by atoms with van der Waals surface area (Å²) in [6.07, 6.45) is 1.82. The van der Waals surface area contributed by atoms with Crippen LogP contribution in [0.1, 0.15) is 37.9 Å². The molecule has 0 spiro atoms. The third-order valence-corrected chi connectivity index (χ3v) is 5.11. The van der Waals surface area contributed by atoms with Gasteiger partial charge in [0.2, 0.25) is 0 Å². The molecule has 3 N–H and O–H groups in total. The molecule has 0 aromatic heterocycles. The monoisotopic (exact) mass is 416 g/mol. The molecule has 4 rings (SSSR count). The quantitative estimate of drug-likeness (QED) is 0.585. The van der Waals surface area contributed by atoms with Crippen LogP contribution in [0.4, 0.5) is 0 Å². The van der Waals surface area contributed by atoms with Gasteiger partial charge in [0.15, 0.2) is 0 Å². The van der Waals surface area contributed by atoms with Crippen molar-refractivity contribution in [2.24, 2.45) is 0 Å². The molecule has 1 aliphatic heterocycles. The van der Waals surface area contributed by atoms with E-state index in [1.165, 1.54) is 17.1 Å². The number of aromatic hydroxyl groups is 1. The second-order valence-electron chi connectivity index (χ2n) is 6.95. The van der Waals surface area contributed by atoms with Crippen LogP contribution in [0.25, 0.3) is 5.70 Å². The Kier molecular flexibility index (Phi) is 5.32. The van der Waals surface area contributed by atoms with Crippen LogP contribution in [0, 0.1) is 0 Å². The molecule has 31 heavy (non-hydrogen) atoms. The molecule has 0 saturated heterocycles. The molecule has 0 unspecified atom stereocenters. The van der Waals surface area contributed by atoms with E-state index in [1.807, 2.05) is 18.2 Å². The van der Waals surface area contributed by atoms with Gasteiger partial charge in [0.05, 0.1) is 23.9 Å². The molecule has 0 radical (unpaired) electrons. The van der Waals surface area contributed by atoms with Crippen molar-refractivity contribution in [1.82, 2.24) is 10.4 Å². The number of carboxylic acid groups (broad SMARTS) is 1. The minimum absolute atomic E-state index is 0.0332. The Labute approximate surface area is 178 Å². The highest BCUT2D eigenvalue weighted by atomic mass is 16.5. The lowest BCUT2D eigenvalue weighted by Gasteiger charge is -2.26. The minimum Gasteiger partial charge on any atom is -0.508 e. The number of carboxylic acids is 1. The molecule has 0 saturated carbocycles. The molecule has 3 aromatic carbocycles. The first kappa shape index (κ1) is 20.0. The molecule has 0 fully saturated rings. The second kappa shape index (κ2) is 8.23. The number of hydrogen-bond acceptors (Lipinski definition) is 5. The van der Waals surface area contributed by atoms with Gasteiger partial charge in [0, 0.05) is 5.56 Å². The van der Waals surface area contributed by atoms with Crippen molar-refractivity contribution in [2.75, 3.05) is 7.11 Å². The third kappa shape index (κ3) is 3.81. The average Bonchev–Trinajstić information content (AvgIpc) is 3.24. The van der Waals surface area contributed by atoms with Gasteiger partial charge in [-0.3, -0.25) is 10.2 Å². The number of nitrogens with zero attached hydrogens (tertiary/aromatic N) is 1. The number of nitrogens with one attached hydrogen (secondary N) is 1. The molecule has 1 aliphatic rings. The maximum absolute atomic E-state index is 13.4. The van der Waals surface area contributed by atoms with Crippen molar-refractivity contribution in [3.05, 3.63) is 101 Å². The zero-order valence-corrected chi connectivity index (χ0v) is 16.6. The van der Waals surface area contributed by atoms with E-state index in [0.717, 1.165) is 5.56 Å². The van der Waals surface area contributed by atoms with Gasteiger partial charge in [-0.15, -0.1) is 0 Å². The number of aromatic carboxylic acids is 1. The normalized spacial score (nSPS) is 15.2. The fraction of sp³-hybridized carbons (Fsp3) is 0.0833. The molecule has 1 amide bonds. The number of phenolic OH excluding ortho intramolecular Hbond substituents is 1. The van der Waals surface area contributed by atoms with E-state index in [0.29, 0.717) is 17.0 Å². The Morgan fingerprint density at radius 1 is 0.935 bits per heavy atom. The number of amides is 1. The number of benzene rings is 3. The Morgan fingerprint density at radius 2 is 1.58 bits per heavy atom. The van der Waals surface area contributed by atoms with E-state index in [1.54, 1.807) is 55.6 Å². The van der Waals surface area contributed by atoms with E-state index in [9.17, 15) is 19.8 Å². The van der Waals surface area contributed by atoms with Crippen LogP contribution in [0.5, 0.6) is 11.5 Å². The summed E-state index contributed by atoms with van der Waals surface area (Å²) in [6.45, 7) is 0. The van der Waals surface area contributed by atoms with Gasteiger partial charge in [0.1, 0.15) is 17.5 Å². The van der Waals surface area contributed by atoms with Crippen LogP contribution < -0.4 is 10.2 Å². The lowest BCUT2D eigenvalue weighted by atomic mass is 10.0. The number of phenols is 1. The van der Waals surface area contributed by atoms with Crippen molar-refractivity contribution < 1.29 is 24.5 Å².